The molecule has 1 saturated carbocycles. The van der Waals surface area contributed by atoms with Gasteiger partial charge in [-0.3, -0.25) is 4.90 Å². The highest BCUT2D eigenvalue weighted by molar-refractivity contribution is 4.98. The van der Waals surface area contributed by atoms with Crippen LogP contribution in [-0.2, 0) is 0 Å². The molecule has 3 unspecified atom stereocenters. The zero-order valence-electron chi connectivity index (χ0n) is 11.9. The third kappa shape index (κ3) is 3.71. The fourth-order valence-electron chi connectivity index (χ4n) is 3.40. The highest BCUT2D eigenvalue weighted by atomic mass is 15.2. The summed E-state index contributed by atoms with van der Waals surface area (Å²) in [6, 6.07) is 3.60. The lowest BCUT2D eigenvalue weighted by Gasteiger charge is -2.42. The second-order valence-electron chi connectivity index (χ2n) is 5.69. The lowest BCUT2D eigenvalue weighted by Crippen LogP contribution is -2.47. The van der Waals surface area contributed by atoms with E-state index < -0.39 is 0 Å². The molecular formula is C15H28N2. The smallest absolute Gasteiger partial charge is 0.0672 e. The molecule has 0 saturated heterocycles. The maximum absolute atomic E-state index is 9.33. The van der Waals surface area contributed by atoms with Crippen LogP contribution in [0.15, 0.2) is 0 Å². The van der Waals surface area contributed by atoms with E-state index in [0.29, 0.717) is 12.1 Å². The van der Waals surface area contributed by atoms with Gasteiger partial charge in [-0.2, -0.15) is 5.26 Å². The predicted molar refractivity (Wildman–Crippen MR) is 72.7 cm³/mol. The van der Waals surface area contributed by atoms with Gasteiger partial charge in [-0.15, -0.1) is 0 Å². The minimum absolute atomic E-state index is 0.255. The Bertz CT molecular complexity index is 254. The Balaban J connectivity index is 2.72. The van der Waals surface area contributed by atoms with Crippen LogP contribution in [0, 0.1) is 23.2 Å². The Kier molecular flexibility index (Phi) is 5.98. The number of nitrogens with zero attached hydrogens (tertiary/aromatic N) is 2. The molecule has 3 atom stereocenters. The fraction of sp³-hybridized carbons (Fsp3) is 0.933. The van der Waals surface area contributed by atoms with Crippen molar-refractivity contribution in [3.63, 3.8) is 0 Å². The Labute approximate surface area is 107 Å². The molecule has 0 amide bonds. The van der Waals surface area contributed by atoms with Gasteiger partial charge in [-0.1, -0.05) is 26.7 Å². The monoisotopic (exact) mass is 236 g/mol. The molecule has 98 valence electrons. The number of nitriles is 1. The average Bonchev–Trinajstić information content (AvgIpc) is 2.30. The fourth-order valence-corrected chi connectivity index (χ4v) is 3.40. The summed E-state index contributed by atoms with van der Waals surface area (Å²) >= 11 is 0. The minimum atomic E-state index is 0.255. The van der Waals surface area contributed by atoms with E-state index in [9.17, 15) is 5.26 Å². The molecule has 0 spiro atoms. The Morgan fingerprint density at radius 2 is 2.00 bits per heavy atom. The second kappa shape index (κ2) is 7.01. The van der Waals surface area contributed by atoms with Gasteiger partial charge in [-0.25, -0.2) is 0 Å². The van der Waals surface area contributed by atoms with Gasteiger partial charge in [0.15, 0.2) is 0 Å². The standard InChI is InChI=1S/C15H28N2/c1-5-7-13-8-9-14(11-16)15(10-13)17(6-2)12(3)4/h12-15H,5-10H2,1-4H3. The molecule has 1 rings (SSSR count). The first-order valence-electron chi connectivity index (χ1n) is 7.29. The minimum Gasteiger partial charge on any atom is -0.297 e. The van der Waals surface area contributed by atoms with Gasteiger partial charge in [0.2, 0.25) is 0 Å². The summed E-state index contributed by atoms with van der Waals surface area (Å²) in [4.78, 5) is 2.52. The third-order valence-corrected chi connectivity index (χ3v) is 4.24. The van der Waals surface area contributed by atoms with Crippen LogP contribution in [-0.4, -0.2) is 23.5 Å². The molecule has 1 fully saturated rings. The van der Waals surface area contributed by atoms with E-state index in [4.69, 9.17) is 0 Å². The summed E-state index contributed by atoms with van der Waals surface area (Å²) < 4.78 is 0. The van der Waals surface area contributed by atoms with Gasteiger partial charge in [0.1, 0.15) is 0 Å². The first kappa shape index (κ1) is 14.5. The summed E-state index contributed by atoms with van der Waals surface area (Å²) in [5, 5.41) is 9.33. The van der Waals surface area contributed by atoms with Gasteiger partial charge in [0.05, 0.1) is 12.0 Å². The van der Waals surface area contributed by atoms with E-state index >= 15 is 0 Å². The van der Waals surface area contributed by atoms with Crippen LogP contribution in [0.2, 0.25) is 0 Å². The van der Waals surface area contributed by atoms with Crippen molar-refractivity contribution in [1.29, 1.82) is 5.26 Å². The van der Waals surface area contributed by atoms with Crippen molar-refractivity contribution < 1.29 is 0 Å². The zero-order valence-corrected chi connectivity index (χ0v) is 11.9. The van der Waals surface area contributed by atoms with E-state index in [0.717, 1.165) is 18.9 Å². The van der Waals surface area contributed by atoms with E-state index in [1.54, 1.807) is 0 Å². The Morgan fingerprint density at radius 3 is 2.47 bits per heavy atom. The lowest BCUT2D eigenvalue weighted by atomic mass is 9.76. The topological polar surface area (TPSA) is 27.0 Å². The molecule has 1 aliphatic carbocycles. The normalized spacial score (nSPS) is 29.6. The van der Waals surface area contributed by atoms with E-state index in [-0.39, 0.29) is 5.92 Å². The number of rotatable bonds is 5. The summed E-state index contributed by atoms with van der Waals surface area (Å²) in [7, 11) is 0. The Hall–Kier alpha value is -0.550. The first-order valence-corrected chi connectivity index (χ1v) is 7.29. The van der Waals surface area contributed by atoms with Crippen LogP contribution < -0.4 is 0 Å². The van der Waals surface area contributed by atoms with Gasteiger partial charge in [-0.05, 0) is 45.6 Å². The van der Waals surface area contributed by atoms with E-state index in [2.05, 4.69) is 38.7 Å². The molecule has 0 N–H and O–H groups in total. The lowest BCUT2D eigenvalue weighted by molar-refractivity contribution is 0.0770. The molecule has 0 aromatic heterocycles. The van der Waals surface area contributed by atoms with Crippen molar-refractivity contribution in [2.75, 3.05) is 6.54 Å². The van der Waals surface area contributed by atoms with E-state index in [1.807, 2.05) is 0 Å². The molecule has 0 aromatic rings. The van der Waals surface area contributed by atoms with Crippen molar-refractivity contribution in [3.05, 3.63) is 0 Å². The zero-order chi connectivity index (χ0) is 12.8. The van der Waals surface area contributed by atoms with Crippen LogP contribution in [0.4, 0.5) is 0 Å². The second-order valence-corrected chi connectivity index (χ2v) is 5.69. The SMILES string of the molecule is CCCC1CCC(C#N)C(N(CC)C(C)C)C1. The molecule has 1 aliphatic rings. The molecule has 0 aliphatic heterocycles. The molecule has 0 aromatic carbocycles. The van der Waals surface area contributed by atoms with Gasteiger partial charge < -0.3 is 0 Å². The van der Waals surface area contributed by atoms with Gasteiger partial charge >= 0.3 is 0 Å². The van der Waals surface area contributed by atoms with Crippen molar-refractivity contribution in [2.24, 2.45) is 11.8 Å². The van der Waals surface area contributed by atoms with Crippen molar-refractivity contribution in [3.8, 4) is 6.07 Å². The summed E-state index contributed by atoms with van der Waals surface area (Å²) in [5.41, 5.74) is 0. The molecule has 2 heteroatoms. The van der Waals surface area contributed by atoms with Crippen molar-refractivity contribution >= 4 is 0 Å². The summed E-state index contributed by atoms with van der Waals surface area (Å²) in [6.07, 6.45) is 6.22. The number of hydrogen-bond donors (Lipinski definition) is 0. The van der Waals surface area contributed by atoms with Crippen LogP contribution >= 0.6 is 0 Å². The van der Waals surface area contributed by atoms with Crippen molar-refractivity contribution in [1.82, 2.24) is 4.90 Å². The quantitative estimate of drug-likeness (QED) is 0.725. The highest BCUT2D eigenvalue weighted by Gasteiger charge is 2.34. The molecule has 0 bridgehead atoms. The first-order chi connectivity index (χ1) is 8.13. The predicted octanol–water partition coefficient (Wildman–Crippen LogP) is 3.83. The highest BCUT2D eigenvalue weighted by Crippen LogP contribution is 2.35. The maximum atomic E-state index is 9.33. The van der Waals surface area contributed by atoms with Gasteiger partial charge in [0, 0.05) is 12.1 Å². The largest absolute Gasteiger partial charge is 0.297 e. The molecule has 17 heavy (non-hydrogen) atoms. The Morgan fingerprint density at radius 1 is 1.29 bits per heavy atom. The van der Waals surface area contributed by atoms with Gasteiger partial charge in [0.25, 0.3) is 0 Å². The maximum Gasteiger partial charge on any atom is 0.0672 e. The summed E-state index contributed by atoms with van der Waals surface area (Å²) in [5.74, 6) is 1.10. The third-order valence-electron chi connectivity index (χ3n) is 4.24. The average molecular weight is 236 g/mol. The molecule has 2 nitrogen and oxygen atoms in total. The molecule has 0 heterocycles. The van der Waals surface area contributed by atoms with Crippen molar-refractivity contribution in [2.45, 2.75) is 71.9 Å². The molecular weight excluding hydrogens is 208 g/mol. The van der Waals surface area contributed by atoms with E-state index in [1.165, 1.54) is 25.7 Å². The van der Waals surface area contributed by atoms with Crippen LogP contribution in [0.3, 0.4) is 0 Å². The molecule has 0 radical (unpaired) electrons. The van der Waals surface area contributed by atoms with Crippen LogP contribution in [0.5, 0.6) is 0 Å². The van der Waals surface area contributed by atoms with Crippen LogP contribution in [0.1, 0.15) is 59.8 Å². The number of hydrogen-bond acceptors (Lipinski definition) is 2. The van der Waals surface area contributed by atoms with Crippen LogP contribution in [0.25, 0.3) is 0 Å². The summed E-state index contributed by atoms with van der Waals surface area (Å²) in [6.45, 7) is 10.1.